The zero-order chi connectivity index (χ0) is 24.2. The Morgan fingerprint density at radius 1 is 1.24 bits per heavy atom. The molecule has 2 atom stereocenters. The number of rotatable bonds is 9. The first-order valence-corrected chi connectivity index (χ1v) is 15.7. The van der Waals surface area contributed by atoms with E-state index in [1.165, 1.54) is 0 Å². The summed E-state index contributed by atoms with van der Waals surface area (Å²) in [5, 5.41) is 10.9. The molecule has 1 fully saturated rings. The summed E-state index contributed by atoms with van der Waals surface area (Å²) in [4.78, 5) is 26.9. The number of aliphatic hydroxyl groups is 1. The van der Waals surface area contributed by atoms with E-state index in [4.69, 9.17) is 9.47 Å². The number of carbonyl (C=O) groups excluding carboxylic acids is 1. The van der Waals surface area contributed by atoms with Crippen LogP contribution in [0, 0.1) is 0 Å². The van der Waals surface area contributed by atoms with E-state index in [0.29, 0.717) is 26.2 Å². The van der Waals surface area contributed by atoms with Crippen LogP contribution < -0.4 is 5.69 Å². The Hall–Kier alpha value is -2.10. The van der Waals surface area contributed by atoms with Crippen molar-refractivity contribution in [2.75, 3.05) is 26.3 Å². The molecule has 0 saturated carbocycles. The van der Waals surface area contributed by atoms with Gasteiger partial charge in [0, 0.05) is 34.2 Å². The van der Waals surface area contributed by atoms with Crippen LogP contribution in [0.1, 0.15) is 37.7 Å². The first-order valence-electron chi connectivity index (χ1n) is 12.0. The molecular weight excluding hydrogens is 438 g/mol. The Labute approximate surface area is 197 Å². The van der Waals surface area contributed by atoms with Crippen molar-refractivity contribution in [3.8, 4) is 0 Å². The van der Waals surface area contributed by atoms with Gasteiger partial charge in [-0.05, 0) is 30.5 Å². The second kappa shape index (κ2) is 10.9. The molecule has 1 aliphatic heterocycles. The van der Waals surface area contributed by atoms with Crippen LogP contribution in [0.2, 0.25) is 25.7 Å². The lowest BCUT2D eigenvalue weighted by molar-refractivity contribution is 0.0367. The molecule has 0 radical (unpaired) electrons. The molecule has 0 spiro atoms. The van der Waals surface area contributed by atoms with Gasteiger partial charge in [0.2, 0.25) is 0 Å². The van der Waals surface area contributed by atoms with Gasteiger partial charge in [-0.15, -0.1) is 0 Å². The molecule has 3 rings (SSSR count). The van der Waals surface area contributed by atoms with E-state index in [9.17, 15) is 14.7 Å². The number of aliphatic hydroxyl groups excluding tert-OH is 1. The summed E-state index contributed by atoms with van der Waals surface area (Å²) in [7, 11) is 0.561. The summed E-state index contributed by atoms with van der Waals surface area (Å²) in [5.74, 6) is -0.164. The van der Waals surface area contributed by atoms with Crippen molar-refractivity contribution in [3.05, 3.63) is 34.2 Å². The van der Waals surface area contributed by atoms with Gasteiger partial charge >= 0.3 is 11.8 Å². The molecule has 2 heterocycles. The number of unbranched alkanes of at least 4 members (excludes halogenated alkanes) is 1. The molecule has 33 heavy (non-hydrogen) atoms. The highest BCUT2D eigenvalue weighted by Crippen LogP contribution is 2.33. The number of aromatic nitrogens is 2. The van der Waals surface area contributed by atoms with Gasteiger partial charge in [0.1, 0.15) is 6.73 Å². The summed E-state index contributed by atoms with van der Waals surface area (Å²) < 4.78 is 14.5. The highest BCUT2D eigenvalue weighted by atomic mass is 28.3. The normalized spacial score (nSPS) is 19.3. The zero-order valence-corrected chi connectivity index (χ0v) is 21.7. The monoisotopic (exact) mass is 477 g/mol. The maximum Gasteiger partial charge on any atom is 0.409 e. The molecule has 1 amide bonds. The van der Waals surface area contributed by atoms with Crippen molar-refractivity contribution in [2.24, 2.45) is 7.05 Å². The van der Waals surface area contributed by atoms with E-state index < -0.39 is 14.2 Å². The van der Waals surface area contributed by atoms with E-state index in [1.54, 1.807) is 21.1 Å². The number of hydrogen-bond donors (Lipinski definition) is 1. The fourth-order valence-corrected chi connectivity index (χ4v) is 5.08. The number of likely N-dealkylation sites (tertiary alicyclic amines) is 1. The fourth-order valence-electron chi connectivity index (χ4n) is 4.33. The minimum absolute atomic E-state index is 0.128. The van der Waals surface area contributed by atoms with Crippen molar-refractivity contribution >= 4 is 25.2 Å². The van der Waals surface area contributed by atoms with Crippen LogP contribution in [-0.2, 0) is 23.3 Å². The number of aryl methyl sites for hydroxylation is 1. The second-order valence-electron chi connectivity index (χ2n) is 10.2. The Morgan fingerprint density at radius 2 is 2.00 bits per heavy atom. The lowest BCUT2D eigenvalue weighted by Crippen LogP contribution is -2.46. The van der Waals surface area contributed by atoms with Crippen molar-refractivity contribution in [1.82, 2.24) is 14.0 Å². The lowest BCUT2D eigenvalue weighted by atomic mass is 9.86. The third-order valence-corrected chi connectivity index (χ3v) is 8.07. The molecule has 1 aromatic carbocycles. The van der Waals surface area contributed by atoms with Crippen LogP contribution >= 0.6 is 0 Å². The summed E-state index contributed by atoms with van der Waals surface area (Å²) >= 11 is 0. The maximum atomic E-state index is 13.0. The van der Waals surface area contributed by atoms with Crippen molar-refractivity contribution < 1.29 is 19.4 Å². The van der Waals surface area contributed by atoms with Gasteiger partial charge in [-0.1, -0.05) is 45.1 Å². The fraction of sp³-hybridized carbons (Fsp3) is 0.667. The number of β-amino-alcohol motifs (C(OH)–C–C–N with tert-alkyl or cyclic N) is 1. The topological polar surface area (TPSA) is 85.9 Å². The van der Waals surface area contributed by atoms with Gasteiger partial charge in [-0.3, -0.25) is 9.13 Å². The third-order valence-electron chi connectivity index (χ3n) is 6.37. The Balaban J connectivity index is 1.76. The van der Waals surface area contributed by atoms with Crippen molar-refractivity contribution in [3.63, 3.8) is 0 Å². The molecule has 0 aliphatic carbocycles. The number of fused-ring (bicyclic) bond motifs is 1. The van der Waals surface area contributed by atoms with Crippen molar-refractivity contribution in [2.45, 2.75) is 70.6 Å². The molecule has 0 bridgehead atoms. The number of para-hydroxylation sites is 1. The first-order chi connectivity index (χ1) is 15.6. The van der Waals surface area contributed by atoms with Gasteiger partial charge in [0.05, 0.1) is 30.3 Å². The minimum Gasteiger partial charge on any atom is -0.449 e. The molecule has 1 aromatic heterocycles. The Morgan fingerprint density at radius 3 is 2.67 bits per heavy atom. The van der Waals surface area contributed by atoms with E-state index >= 15 is 0 Å². The number of nitrogens with zero attached hydrogens (tertiary/aromatic N) is 3. The highest BCUT2D eigenvalue weighted by Gasteiger charge is 2.33. The Kier molecular flexibility index (Phi) is 8.42. The predicted molar refractivity (Wildman–Crippen MR) is 132 cm³/mol. The summed E-state index contributed by atoms with van der Waals surface area (Å²) in [6.45, 7) is 10.9. The minimum atomic E-state index is -1.20. The van der Waals surface area contributed by atoms with Crippen molar-refractivity contribution in [1.29, 1.82) is 0 Å². The molecule has 184 valence electrons. The summed E-state index contributed by atoms with van der Waals surface area (Å²) in [5.41, 5.74) is 2.43. The number of piperidine rings is 1. The summed E-state index contributed by atoms with van der Waals surface area (Å²) in [6.07, 6.45) is 1.31. The van der Waals surface area contributed by atoms with Gasteiger partial charge in [0.25, 0.3) is 0 Å². The molecule has 9 heteroatoms. The van der Waals surface area contributed by atoms with E-state index in [1.807, 2.05) is 25.1 Å². The molecular formula is C24H39N3O5Si. The van der Waals surface area contributed by atoms with E-state index in [0.717, 1.165) is 35.5 Å². The number of imidazole rings is 1. The number of ether oxygens (including phenoxy) is 2. The largest absolute Gasteiger partial charge is 0.449 e. The number of carbonyl (C=O) groups is 1. The van der Waals surface area contributed by atoms with Crippen LogP contribution in [0.5, 0.6) is 0 Å². The standard InChI is InChI=1S/C24H39N3O5Si/c1-6-7-13-32-24(30)26-12-11-18(21(28)16-26)19-9-8-10-20-22(19)25(2)23(29)27(20)17-31-14-15-33(3,4)5/h8-10,18,21,28H,6-7,11-17H2,1-5H3/t18-,21+/m0/s1. The van der Waals surface area contributed by atoms with E-state index in [-0.39, 0.29) is 31.0 Å². The first kappa shape index (κ1) is 25.5. The third kappa shape index (κ3) is 6.07. The van der Waals surface area contributed by atoms with Crippen LogP contribution in [-0.4, -0.2) is 65.7 Å². The van der Waals surface area contributed by atoms with Crippen LogP contribution in [0.25, 0.3) is 11.0 Å². The SMILES string of the molecule is CCCCOC(=O)N1CC[C@@H](c2cccc3c2n(C)c(=O)n3COCC[Si](C)(C)C)[C@H](O)C1. The number of amides is 1. The zero-order valence-electron chi connectivity index (χ0n) is 20.7. The lowest BCUT2D eigenvalue weighted by Gasteiger charge is -2.35. The molecule has 8 nitrogen and oxygen atoms in total. The predicted octanol–water partition coefficient (Wildman–Crippen LogP) is 3.74. The van der Waals surface area contributed by atoms with Gasteiger partial charge < -0.3 is 19.5 Å². The van der Waals surface area contributed by atoms with Gasteiger partial charge in [0.15, 0.2) is 0 Å². The molecule has 2 aromatic rings. The highest BCUT2D eigenvalue weighted by molar-refractivity contribution is 6.76. The quantitative estimate of drug-likeness (QED) is 0.439. The van der Waals surface area contributed by atoms with Crippen LogP contribution in [0.15, 0.2) is 23.0 Å². The molecule has 0 unspecified atom stereocenters. The number of benzene rings is 1. The van der Waals surface area contributed by atoms with Crippen LogP contribution in [0.3, 0.4) is 0 Å². The molecule has 1 aliphatic rings. The average Bonchev–Trinajstić information content (AvgIpc) is 3.01. The van der Waals surface area contributed by atoms with Gasteiger partial charge in [-0.25, -0.2) is 9.59 Å². The van der Waals surface area contributed by atoms with E-state index in [2.05, 4.69) is 19.6 Å². The molecule has 1 N–H and O–H groups in total. The Bertz CT molecular complexity index is 1010. The smallest absolute Gasteiger partial charge is 0.409 e. The average molecular weight is 478 g/mol. The number of hydrogen-bond acceptors (Lipinski definition) is 5. The molecule has 1 saturated heterocycles. The van der Waals surface area contributed by atoms with Crippen LogP contribution in [0.4, 0.5) is 4.79 Å². The second-order valence-corrected chi connectivity index (χ2v) is 15.8. The maximum absolute atomic E-state index is 13.0. The van der Waals surface area contributed by atoms with Gasteiger partial charge in [-0.2, -0.15) is 0 Å². The summed E-state index contributed by atoms with van der Waals surface area (Å²) in [6, 6.07) is 6.87.